The van der Waals surface area contributed by atoms with Crippen molar-refractivity contribution in [2.24, 2.45) is 7.05 Å². The number of aryl methyl sites for hydroxylation is 3. The average Bonchev–Trinajstić information content (AvgIpc) is 2.86. The van der Waals surface area contributed by atoms with Gasteiger partial charge < -0.3 is 0 Å². The third kappa shape index (κ3) is 2.99. The van der Waals surface area contributed by atoms with Crippen LogP contribution in [0.5, 0.6) is 0 Å². The monoisotopic (exact) mass is 432 g/mol. The Morgan fingerprint density at radius 1 is 1.12 bits per heavy atom. The van der Waals surface area contributed by atoms with Gasteiger partial charge in [0.2, 0.25) is 0 Å². The molecule has 126 valence electrons. The zero-order valence-electron chi connectivity index (χ0n) is 15.4. The van der Waals surface area contributed by atoms with Gasteiger partial charge in [0.15, 0.2) is 0 Å². The molecule has 0 unspecified atom stereocenters. The fourth-order valence-electron chi connectivity index (χ4n) is 3.28. The molecule has 3 rings (SSSR count). The third-order valence-electron chi connectivity index (χ3n) is 4.64. The number of benzene rings is 2. The van der Waals surface area contributed by atoms with Crippen molar-refractivity contribution in [3.05, 3.63) is 47.3 Å². The topological polar surface area (TPSA) is 17.8 Å². The first-order chi connectivity index (χ1) is 11.2. The summed E-state index contributed by atoms with van der Waals surface area (Å²) in [5, 5.41) is 6.07. The number of hydrogen-bond donors (Lipinski definition) is 0. The van der Waals surface area contributed by atoms with Crippen molar-refractivity contribution in [3.63, 3.8) is 0 Å². The number of aromatic nitrogens is 2. The molecule has 3 aromatic rings. The van der Waals surface area contributed by atoms with Crippen LogP contribution in [0.4, 0.5) is 4.39 Å². The Kier molecular flexibility index (Phi) is 4.49. The summed E-state index contributed by atoms with van der Waals surface area (Å²) in [5.74, 6) is -0.140. The molecule has 4 heteroatoms. The molecule has 2 nitrogen and oxygen atoms in total. The van der Waals surface area contributed by atoms with E-state index in [1.54, 1.807) is 6.07 Å². The minimum absolute atomic E-state index is 0.140. The summed E-state index contributed by atoms with van der Waals surface area (Å²) in [6.07, 6.45) is 0.892. The summed E-state index contributed by atoms with van der Waals surface area (Å²) in [7, 11) is 2.00. The summed E-state index contributed by atoms with van der Waals surface area (Å²) >= 11 is -2.26. The van der Waals surface area contributed by atoms with Crippen LogP contribution in [0.3, 0.4) is 0 Å². The van der Waals surface area contributed by atoms with Crippen LogP contribution < -0.4 is 3.71 Å². The van der Waals surface area contributed by atoms with Crippen LogP contribution in [-0.4, -0.2) is 28.2 Å². The van der Waals surface area contributed by atoms with Gasteiger partial charge in [-0.1, -0.05) is 0 Å². The van der Waals surface area contributed by atoms with Gasteiger partial charge in [-0.05, 0) is 0 Å². The zero-order chi connectivity index (χ0) is 17.6. The fourth-order valence-corrected chi connectivity index (χ4v) is 7.48. The Bertz CT molecular complexity index is 920. The van der Waals surface area contributed by atoms with Crippen molar-refractivity contribution < 1.29 is 4.39 Å². The normalized spacial score (nSPS) is 12.1. The quantitative estimate of drug-likeness (QED) is 0.546. The average molecular weight is 431 g/mol. The molecule has 0 N–H and O–H groups in total. The van der Waals surface area contributed by atoms with Crippen LogP contribution in [0, 0.1) is 12.7 Å². The molecule has 1 heterocycles. The Morgan fingerprint density at radius 2 is 1.83 bits per heavy atom. The van der Waals surface area contributed by atoms with E-state index >= 15 is 0 Å². The van der Waals surface area contributed by atoms with Crippen molar-refractivity contribution in [3.8, 4) is 11.1 Å². The second-order valence-electron chi connectivity index (χ2n) is 7.57. The molecule has 2 aromatic carbocycles. The molecule has 0 atom stereocenters. The summed E-state index contributed by atoms with van der Waals surface area (Å²) < 4.78 is 17.4. The standard InChI is InChI=1S/C17H16FN2.3CH3.Sn/c1-4-12-7-11(2)16(18)9-15(12)13-5-6-14-10-19-20(3)17(14)8-13;;;;/h5-9H,4H2,1-3H3;3*1H3;. The van der Waals surface area contributed by atoms with E-state index in [1.165, 1.54) is 14.7 Å². The first kappa shape index (κ1) is 17.5. The van der Waals surface area contributed by atoms with E-state index in [0.717, 1.165) is 23.1 Å². The van der Waals surface area contributed by atoms with Crippen LogP contribution in [0.2, 0.25) is 14.8 Å². The van der Waals surface area contributed by atoms with Gasteiger partial charge in [0.1, 0.15) is 0 Å². The van der Waals surface area contributed by atoms with E-state index in [-0.39, 0.29) is 5.82 Å². The van der Waals surface area contributed by atoms with Crippen LogP contribution in [0.15, 0.2) is 30.3 Å². The van der Waals surface area contributed by atoms with Gasteiger partial charge in [0.25, 0.3) is 0 Å². The van der Waals surface area contributed by atoms with Gasteiger partial charge >= 0.3 is 148 Å². The van der Waals surface area contributed by atoms with Gasteiger partial charge in [-0.15, -0.1) is 0 Å². The molecule has 0 saturated heterocycles. The van der Waals surface area contributed by atoms with Crippen LogP contribution in [0.1, 0.15) is 18.1 Å². The fraction of sp³-hybridized carbons (Fsp3) is 0.350. The Balaban J connectivity index is 2.23. The molecule has 0 aliphatic rings. The molecule has 0 amide bonds. The number of nitrogens with zero attached hydrogens (tertiary/aromatic N) is 2. The molecular formula is C20H25FN2Sn. The molecule has 0 spiro atoms. The summed E-state index contributed by atoms with van der Waals surface area (Å²) in [6, 6.07) is 10.1. The van der Waals surface area contributed by atoms with Gasteiger partial charge in [-0.3, -0.25) is 0 Å². The van der Waals surface area contributed by atoms with Gasteiger partial charge in [-0.2, -0.15) is 0 Å². The maximum absolute atomic E-state index is 14.1. The van der Waals surface area contributed by atoms with E-state index in [9.17, 15) is 4.39 Å². The van der Waals surface area contributed by atoms with E-state index in [0.29, 0.717) is 5.56 Å². The van der Waals surface area contributed by atoms with Crippen molar-refractivity contribution in [1.29, 1.82) is 0 Å². The summed E-state index contributed by atoms with van der Waals surface area (Å²) in [5.41, 5.74) is 5.09. The molecule has 0 bridgehead atoms. The van der Waals surface area contributed by atoms with E-state index in [1.807, 2.05) is 24.7 Å². The molecule has 0 aliphatic carbocycles. The second kappa shape index (κ2) is 6.17. The zero-order valence-corrected chi connectivity index (χ0v) is 18.2. The predicted molar refractivity (Wildman–Crippen MR) is 103 cm³/mol. The molecule has 0 aliphatic heterocycles. The SMILES string of the molecule is CCc1cc(C)c(F)cc1-c1ccc2[c]([Sn]([CH3])([CH3])[CH3])nn(C)c2c1. The predicted octanol–water partition coefficient (Wildman–Crippen LogP) is 4.80. The first-order valence-corrected chi connectivity index (χ1v) is 18.5. The molecule has 1 aromatic heterocycles. The Hall–Kier alpha value is -1.36. The van der Waals surface area contributed by atoms with Gasteiger partial charge in [0.05, 0.1) is 0 Å². The van der Waals surface area contributed by atoms with Gasteiger partial charge in [-0.25, -0.2) is 0 Å². The number of halogens is 1. The second-order valence-corrected chi connectivity index (χ2v) is 21.8. The molecule has 0 radical (unpaired) electrons. The molecule has 24 heavy (non-hydrogen) atoms. The number of fused-ring (bicyclic) bond motifs is 1. The summed E-state index contributed by atoms with van der Waals surface area (Å²) in [4.78, 5) is 7.15. The first-order valence-electron chi connectivity index (χ1n) is 8.49. The molecule has 0 saturated carbocycles. The van der Waals surface area contributed by atoms with Crippen molar-refractivity contribution in [1.82, 2.24) is 9.78 Å². The van der Waals surface area contributed by atoms with E-state index in [2.05, 4.69) is 39.9 Å². The Morgan fingerprint density at radius 3 is 2.46 bits per heavy atom. The van der Waals surface area contributed by atoms with Crippen molar-refractivity contribution in [2.45, 2.75) is 35.1 Å². The number of hydrogen-bond acceptors (Lipinski definition) is 1. The van der Waals surface area contributed by atoms with Crippen molar-refractivity contribution in [2.75, 3.05) is 0 Å². The van der Waals surface area contributed by atoms with Crippen molar-refractivity contribution >= 4 is 33.0 Å². The molecule has 0 fully saturated rings. The van der Waals surface area contributed by atoms with E-state index < -0.39 is 18.4 Å². The Labute approximate surface area is 147 Å². The number of rotatable bonds is 3. The summed E-state index contributed by atoms with van der Waals surface area (Å²) in [6.45, 7) is 3.94. The van der Waals surface area contributed by atoms with Crippen LogP contribution >= 0.6 is 0 Å². The van der Waals surface area contributed by atoms with Crippen LogP contribution in [0.25, 0.3) is 22.0 Å². The maximum atomic E-state index is 14.1. The van der Waals surface area contributed by atoms with Crippen LogP contribution in [-0.2, 0) is 13.5 Å². The van der Waals surface area contributed by atoms with Gasteiger partial charge in [0, 0.05) is 0 Å². The molecular weight excluding hydrogens is 406 g/mol. The third-order valence-corrected chi connectivity index (χ3v) is 9.75. The van der Waals surface area contributed by atoms with E-state index in [4.69, 9.17) is 5.10 Å². The minimum atomic E-state index is -2.26.